The summed E-state index contributed by atoms with van der Waals surface area (Å²) < 4.78 is 4.30. The van der Waals surface area contributed by atoms with Crippen LogP contribution in [0.4, 0.5) is 0 Å². The maximum atomic E-state index is 9.94. The fourth-order valence-corrected chi connectivity index (χ4v) is 0.422. The van der Waals surface area contributed by atoms with Gasteiger partial charge in [-0.05, 0) is 13.0 Å². The summed E-state index contributed by atoms with van der Waals surface area (Å²) in [7, 11) is 0. The Balaban J connectivity index is 0.000000211. The molecule has 0 saturated carbocycles. The molecule has 0 aromatic carbocycles. The van der Waals surface area contributed by atoms with Crippen LogP contribution in [0.3, 0.4) is 0 Å². The molecule has 0 unspecified atom stereocenters. The Kier molecular flexibility index (Phi) is 6.87. The number of aliphatic hydroxyl groups is 1. The van der Waals surface area contributed by atoms with Crippen molar-refractivity contribution in [3.05, 3.63) is 18.5 Å². The third kappa shape index (κ3) is 6.76. The van der Waals surface area contributed by atoms with E-state index in [1.54, 1.807) is 19.3 Å². The number of carbonyl (C=O) groups excluding carboxylic acids is 1. The number of hydrogen-bond acceptors (Lipinski definition) is 4. The first-order valence-electron chi connectivity index (χ1n) is 3.51. The first-order chi connectivity index (χ1) is 5.81. The largest absolute Gasteiger partial charge is 0.464 e. The molecular weight excluding hydrogens is 160 g/mol. The molecule has 0 radical (unpaired) electrons. The third-order valence-electron chi connectivity index (χ3n) is 0.840. The average Bonchev–Trinajstić information content (AvgIpc) is 2.62. The molecule has 12 heavy (non-hydrogen) atoms. The molecule has 0 aliphatic heterocycles. The van der Waals surface area contributed by atoms with Gasteiger partial charge in [0.05, 0.1) is 6.61 Å². The van der Waals surface area contributed by atoms with Crippen molar-refractivity contribution in [2.24, 2.45) is 0 Å². The van der Waals surface area contributed by atoms with Crippen molar-refractivity contribution in [2.45, 2.75) is 6.92 Å². The summed E-state index contributed by atoms with van der Waals surface area (Å²) in [6, 6.07) is 1.83. The number of aromatic nitrogens is 2. The Morgan fingerprint density at radius 2 is 2.50 bits per heavy atom. The van der Waals surface area contributed by atoms with E-state index in [4.69, 9.17) is 5.11 Å². The van der Waals surface area contributed by atoms with Gasteiger partial charge < -0.3 is 9.84 Å². The zero-order valence-corrected chi connectivity index (χ0v) is 6.86. The summed E-state index contributed by atoms with van der Waals surface area (Å²) >= 11 is 0. The molecule has 68 valence electrons. The van der Waals surface area contributed by atoms with E-state index >= 15 is 0 Å². The Morgan fingerprint density at radius 1 is 1.75 bits per heavy atom. The first-order valence-corrected chi connectivity index (χ1v) is 3.51. The summed E-state index contributed by atoms with van der Waals surface area (Å²) in [5.41, 5.74) is 0. The molecule has 5 heteroatoms. The van der Waals surface area contributed by atoms with Crippen LogP contribution in [0.2, 0.25) is 0 Å². The molecule has 2 N–H and O–H groups in total. The van der Waals surface area contributed by atoms with Gasteiger partial charge in [0.25, 0.3) is 0 Å². The minimum Gasteiger partial charge on any atom is -0.464 e. The highest BCUT2D eigenvalue weighted by Gasteiger charge is 1.92. The highest BCUT2D eigenvalue weighted by Crippen LogP contribution is 1.71. The number of esters is 1. The minimum absolute atomic E-state index is 0.333. The van der Waals surface area contributed by atoms with Crippen LogP contribution in [-0.4, -0.2) is 34.5 Å². The van der Waals surface area contributed by atoms with E-state index in [2.05, 4.69) is 14.9 Å². The van der Waals surface area contributed by atoms with Crippen LogP contribution in [0.5, 0.6) is 0 Å². The van der Waals surface area contributed by atoms with E-state index in [0.29, 0.717) is 6.61 Å². The number of aromatic amines is 1. The van der Waals surface area contributed by atoms with Gasteiger partial charge in [-0.2, -0.15) is 5.10 Å². The van der Waals surface area contributed by atoms with Gasteiger partial charge in [0.2, 0.25) is 0 Å². The van der Waals surface area contributed by atoms with Crippen molar-refractivity contribution in [1.82, 2.24) is 10.2 Å². The predicted octanol–water partition coefficient (Wildman–Crippen LogP) is -0.0485. The minimum atomic E-state index is -0.567. The highest BCUT2D eigenvalue weighted by molar-refractivity contribution is 5.70. The number of aliphatic hydroxyl groups excluding tert-OH is 1. The molecule has 0 aliphatic rings. The maximum Gasteiger partial charge on any atom is 0.331 e. The van der Waals surface area contributed by atoms with E-state index in [1.165, 1.54) is 0 Å². The molecule has 0 atom stereocenters. The molecule has 1 aromatic rings. The molecule has 5 nitrogen and oxygen atoms in total. The zero-order chi connectivity index (χ0) is 9.23. The van der Waals surface area contributed by atoms with Gasteiger partial charge in [0.15, 0.2) is 0 Å². The standard InChI is InChI=1S/C4H8O3.C3H4N2/c1-2-7-4(6)3-5;1-2-4-5-3-1/h5H,2-3H2,1H3;1-3H,(H,4,5). The molecule has 1 heterocycles. The van der Waals surface area contributed by atoms with Gasteiger partial charge in [-0.3, -0.25) is 5.10 Å². The number of carbonyl (C=O) groups is 1. The van der Waals surface area contributed by atoms with Crippen molar-refractivity contribution in [3.8, 4) is 0 Å². The summed E-state index contributed by atoms with van der Waals surface area (Å²) in [5, 5.41) is 14.2. The van der Waals surface area contributed by atoms with E-state index in [-0.39, 0.29) is 0 Å². The van der Waals surface area contributed by atoms with Crippen molar-refractivity contribution >= 4 is 5.97 Å². The Hall–Kier alpha value is -1.36. The Labute approximate surface area is 70.4 Å². The van der Waals surface area contributed by atoms with Gasteiger partial charge in [0, 0.05) is 12.4 Å². The lowest BCUT2D eigenvalue weighted by Gasteiger charge is -1.93. The van der Waals surface area contributed by atoms with Crippen molar-refractivity contribution in [3.63, 3.8) is 0 Å². The second kappa shape index (κ2) is 7.74. The number of H-pyrrole nitrogens is 1. The second-order valence-corrected chi connectivity index (χ2v) is 1.73. The van der Waals surface area contributed by atoms with Crippen molar-refractivity contribution < 1.29 is 14.6 Å². The lowest BCUT2D eigenvalue weighted by Crippen LogP contribution is -2.07. The quantitative estimate of drug-likeness (QED) is 0.613. The van der Waals surface area contributed by atoms with E-state index in [0.717, 1.165) is 0 Å². The van der Waals surface area contributed by atoms with E-state index < -0.39 is 12.6 Å². The molecule has 0 spiro atoms. The number of nitrogens with zero attached hydrogens (tertiary/aromatic N) is 1. The highest BCUT2D eigenvalue weighted by atomic mass is 16.5. The molecular formula is C7H12N2O3. The van der Waals surface area contributed by atoms with Crippen LogP contribution in [-0.2, 0) is 9.53 Å². The molecule has 0 amide bonds. The SMILES string of the molecule is CCOC(=O)CO.c1cn[nH]c1. The van der Waals surface area contributed by atoms with E-state index in [9.17, 15) is 4.79 Å². The van der Waals surface area contributed by atoms with Crippen LogP contribution in [0, 0.1) is 0 Å². The summed E-state index contributed by atoms with van der Waals surface area (Å²) in [5.74, 6) is -0.567. The lowest BCUT2D eigenvalue weighted by atomic mass is 10.7. The van der Waals surface area contributed by atoms with Gasteiger partial charge in [0.1, 0.15) is 6.61 Å². The number of ether oxygens (including phenoxy) is 1. The predicted molar refractivity (Wildman–Crippen MR) is 42.3 cm³/mol. The molecule has 1 rings (SSSR count). The topological polar surface area (TPSA) is 75.2 Å². The maximum absolute atomic E-state index is 9.94. The summed E-state index contributed by atoms with van der Waals surface area (Å²) in [6.07, 6.45) is 3.46. The normalized spacial score (nSPS) is 8.17. The van der Waals surface area contributed by atoms with Crippen LogP contribution in [0.1, 0.15) is 6.92 Å². The summed E-state index contributed by atoms with van der Waals surface area (Å²) in [6.45, 7) is 1.50. The molecule has 0 aliphatic carbocycles. The fourth-order valence-electron chi connectivity index (χ4n) is 0.422. The van der Waals surface area contributed by atoms with Crippen molar-refractivity contribution in [1.29, 1.82) is 0 Å². The van der Waals surface area contributed by atoms with E-state index in [1.807, 2.05) is 6.07 Å². The van der Waals surface area contributed by atoms with Crippen LogP contribution in [0.25, 0.3) is 0 Å². The monoisotopic (exact) mass is 172 g/mol. The van der Waals surface area contributed by atoms with Crippen LogP contribution < -0.4 is 0 Å². The summed E-state index contributed by atoms with van der Waals surface area (Å²) in [4.78, 5) is 9.94. The molecule has 0 bridgehead atoms. The number of hydrogen-bond donors (Lipinski definition) is 2. The second-order valence-electron chi connectivity index (χ2n) is 1.73. The Bertz CT molecular complexity index is 169. The third-order valence-corrected chi connectivity index (χ3v) is 0.840. The molecule has 0 saturated heterocycles. The fraction of sp³-hybridized carbons (Fsp3) is 0.429. The lowest BCUT2D eigenvalue weighted by molar-refractivity contribution is -0.146. The van der Waals surface area contributed by atoms with Gasteiger partial charge >= 0.3 is 5.97 Å². The van der Waals surface area contributed by atoms with Gasteiger partial charge in [-0.1, -0.05) is 0 Å². The molecule has 1 aromatic heterocycles. The zero-order valence-electron chi connectivity index (χ0n) is 6.86. The molecule has 0 fully saturated rings. The van der Waals surface area contributed by atoms with Crippen LogP contribution in [0.15, 0.2) is 18.5 Å². The first kappa shape index (κ1) is 10.6. The Morgan fingerprint density at radius 3 is 2.67 bits per heavy atom. The smallest absolute Gasteiger partial charge is 0.331 e. The number of rotatable bonds is 2. The number of nitrogens with one attached hydrogen (secondary N) is 1. The van der Waals surface area contributed by atoms with Crippen LogP contribution >= 0.6 is 0 Å². The van der Waals surface area contributed by atoms with Gasteiger partial charge in [-0.15, -0.1) is 0 Å². The van der Waals surface area contributed by atoms with Gasteiger partial charge in [-0.25, -0.2) is 4.79 Å². The average molecular weight is 172 g/mol. The van der Waals surface area contributed by atoms with Crippen molar-refractivity contribution in [2.75, 3.05) is 13.2 Å².